The number of hydrogen-bond acceptors (Lipinski definition) is 2. The van der Waals surface area contributed by atoms with Crippen LogP contribution in [0.4, 0.5) is 5.69 Å². The fraction of sp³-hybridized carbons (Fsp3) is 0.333. The molecule has 20 heavy (non-hydrogen) atoms. The number of rotatable bonds is 5. The summed E-state index contributed by atoms with van der Waals surface area (Å²) in [5.74, 6) is 0. The molecule has 0 radical (unpaired) electrons. The van der Waals surface area contributed by atoms with E-state index in [-0.39, 0.29) is 5.60 Å². The van der Waals surface area contributed by atoms with Crippen LogP contribution in [0, 0.1) is 0 Å². The highest BCUT2D eigenvalue weighted by Crippen LogP contribution is 2.27. The van der Waals surface area contributed by atoms with Crippen molar-refractivity contribution in [3.05, 3.63) is 54.6 Å². The van der Waals surface area contributed by atoms with Gasteiger partial charge in [-0.05, 0) is 32.4 Å². The Hall–Kier alpha value is -1.80. The van der Waals surface area contributed by atoms with E-state index >= 15 is 0 Å². The minimum absolute atomic E-state index is 0.0827. The average Bonchev–Trinajstić information content (AvgIpc) is 2.44. The van der Waals surface area contributed by atoms with E-state index in [0.29, 0.717) is 6.61 Å². The summed E-state index contributed by atoms with van der Waals surface area (Å²) in [6.07, 6.45) is 0. The molecule has 0 unspecified atom stereocenters. The number of para-hydroxylation sites is 1. The van der Waals surface area contributed by atoms with Crippen molar-refractivity contribution in [1.29, 1.82) is 0 Å². The topological polar surface area (TPSA) is 21.3 Å². The van der Waals surface area contributed by atoms with E-state index in [0.717, 1.165) is 12.2 Å². The predicted molar refractivity (Wildman–Crippen MR) is 86.1 cm³/mol. The van der Waals surface area contributed by atoms with Gasteiger partial charge in [0.2, 0.25) is 0 Å². The van der Waals surface area contributed by atoms with E-state index < -0.39 is 0 Å². The van der Waals surface area contributed by atoms with Crippen LogP contribution in [0.5, 0.6) is 0 Å². The highest BCUT2D eigenvalue weighted by atomic mass is 16.5. The Morgan fingerprint density at radius 3 is 2.25 bits per heavy atom. The smallest absolute Gasteiger partial charge is 0.0646 e. The number of nitrogens with one attached hydrogen (secondary N) is 1. The van der Waals surface area contributed by atoms with Crippen LogP contribution in [0.2, 0.25) is 0 Å². The molecule has 2 rings (SSSR count). The Balaban J connectivity index is 2.02. The van der Waals surface area contributed by atoms with Gasteiger partial charge in [-0.25, -0.2) is 0 Å². The molecule has 2 aromatic carbocycles. The van der Waals surface area contributed by atoms with Crippen LogP contribution in [-0.2, 0) is 4.74 Å². The summed E-state index contributed by atoms with van der Waals surface area (Å²) in [6.45, 7) is 7.73. The first kappa shape index (κ1) is 14.6. The molecule has 0 spiro atoms. The first-order valence-electron chi connectivity index (χ1n) is 7.08. The molecular weight excluding hydrogens is 246 g/mol. The summed E-state index contributed by atoms with van der Waals surface area (Å²) in [7, 11) is 0. The molecule has 2 heteroatoms. The summed E-state index contributed by atoms with van der Waals surface area (Å²) in [6, 6.07) is 18.8. The van der Waals surface area contributed by atoms with E-state index in [1.54, 1.807) is 0 Å². The molecule has 2 nitrogen and oxygen atoms in total. The molecule has 0 aliphatic carbocycles. The van der Waals surface area contributed by atoms with Gasteiger partial charge in [-0.1, -0.05) is 48.5 Å². The lowest BCUT2D eigenvalue weighted by molar-refractivity contribution is 0.00334. The monoisotopic (exact) mass is 269 g/mol. The molecule has 0 amide bonds. The third-order valence-electron chi connectivity index (χ3n) is 2.96. The molecule has 0 saturated carbocycles. The van der Waals surface area contributed by atoms with Gasteiger partial charge in [0.25, 0.3) is 0 Å². The number of anilines is 1. The van der Waals surface area contributed by atoms with E-state index in [4.69, 9.17) is 4.74 Å². The maximum Gasteiger partial charge on any atom is 0.0646 e. The Bertz CT molecular complexity index is 529. The second-order valence-corrected chi connectivity index (χ2v) is 5.80. The minimum atomic E-state index is -0.0827. The van der Waals surface area contributed by atoms with Gasteiger partial charge in [0.05, 0.1) is 12.2 Å². The van der Waals surface area contributed by atoms with E-state index in [2.05, 4.69) is 74.6 Å². The van der Waals surface area contributed by atoms with Crippen molar-refractivity contribution in [2.24, 2.45) is 0 Å². The third kappa shape index (κ3) is 4.39. The lowest BCUT2D eigenvalue weighted by atomic mass is 10.0. The Kier molecular flexibility index (Phi) is 4.80. The molecule has 0 heterocycles. The summed E-state index contributed by atoms with van der Waals surface area (Å²) in [5.41, 5.74) is 3.52. The summed E-state index contributed by atoms with van der Waals surface area (Å²) in [5, 5.41) is 3.46. The molecule has 0 bridgehead atoms. The molecule has 2 aromatic rings. The van der Waals surface area contributed by atoms with E-state index in [1.807, 2.05) is 6.07 Å². The zero-order chi connectivity index (χ0) is 14.4. The van der Waals surface area contributed by atoms with Crippen molar-refractivity contribution in [2.45, 2.75) is 26.4 Å². The highest BCUT2D eigenvalue weighted by molar-refractivity contribution is 5.77. The molecule has 1 N–H and O–H groups in total. The Labute approximate surface area is 121 Å². The van der Waals surface area contributed by atoms with Gasteiger partial charge in [-0.2, -0.15) is 0 Å². The standard InChI is InChI=1S/C18H23NO/c1-18(2,3)20-14-13-19-17-12-8-7-11-16(17)15-9-5-4-6-10-15/h4-12,19H,13-14H2,1-3H3. The van der Waals surface area contributed by atoms with Crippen LogP contribution < -0.4 is 5.32 Å². The molecule has 0 atom stereocenters. The van der Waals surface area contributed by atoms with Crippen LogP contribution in [0.3, 0.4) is 0 Å². The molecular formula is C18H23NO. The maximum atomic E-state index is 5.73. The first-order chi connectivity index (χ1) is 9.56. The van der Waals surface area contributed by atoms with Crippen molar-refractivity contribution >= 4 is 5.69 Å². The molecule has 0 saturated heterocycles. The van der Waals surface area contributed by atoms with Crippen molar-refractivity contribution in [3.63, 3.8) is 0 Å². The van der Waals surface area contributed by atoms with Crippen molar-refractivity contribution in [3.8, 4) is 11.1 Å². The van der Waals surface area contributed by atoms with Gasteiger partial charge >= 0.3 is 0 Å². The predicted octanol–water partition coefficient (Wildman–Crippen LogP) is 4.58. The molecule has 0 fully saturated rings. The van der Waals surface area contributed by atoms with Crippen LogP contribution in [0.1, 0.15) is 20.8 Å². The lowest BCUT2D eigenvalue weighted by Crippen LogP contribution is -2.23. The summed E-state index contributed by atoms with van der Waals surface area (Å²) in [4.78, 5) is 0. The SMILES string of the molecule is CC(C)(C)OCCNc1ccccc1-c1ccccc1. The second-order valence-electron chi connectivity index (χ2n) is 5.80. The fourth-order valence-electron chi connectivity index (χ4n) is 2.05. The van der Waals surface area contributed by atoms with Crippen molar-refractivity contribution in [2.75, 3.05) is 18.5 Å². The van der Waals surface area contributed by atoms with Gasteiger partial charge in [0.1, 0.15) is 0 Å². The Morgan fingerprint density at radius 2 is 1.55 bits per heavy atom. The van der Waals surface area contributed by atoms with E-state index in [1.165, 1.54) is 11.1 Å². The third-order valence-corrected chi connectivity index (χ3v) is 2.96. The average molecular weight is 269 g/mol. The van der Waals surface area contributed by atoms with Gasteiger partial charge in [-0.3, -0.25) is 0 Å². The fourth-order valence-corrected chi connectivity index (χ4v) is 2.05. The largest absolute Gasteiger partial charge is 0.382 e. The van der Waals surface area contributed by atoms with E-state index in [9.17, 15) is 0 Å². The lowest BCUT2D eigenvalue weighted by Gasteiger charge is -2.20. The van der Waals surface area contributed by atoms with Crippen molar-refractivity contribution < 1.29 is 4.74 Å². The van der Waals surface area contributed by atoms with Crippen LogP contribution in [0.15, 0.2) is 54.6 Å². The summed E-state index contributed by atoms with van der Waals surface area (Å²) < 4.78 is 5.73. The zero-order valence-corrected chi connectivity index (χ0v) is 12.5. The van der Waals surface area contributed by atoms with Crippen molar-refractivity contribution in [1.82, 2.24) is 0 Å². The number of hydrogen-bond donors (Lipinski definition) is 1. The second kappa shape index (κ2) is 6.58. The zero-order valence-electron chi connectivity index (χ0n) is 12.5. The van der Waals surface area contributed by atoms with Gasteiger partial charge < -0.3 is 10.1 Å². The van der Waals surface area contributed by atoms with Gasteiger partial charge in [0.15, 0.2) is 0 Å². The summed E-state index contributed by atoms with van der Waals surface area (Å²) >= 11 is 0. The quantitative estimate of drug-likeness (QED) is 0.802. The molecule has 0 aromatic heterocycles. The minimum Gasteiger partial charge on any atom is -0.382 e. The van der Waals surface area contributed by atoms with Crippen LogP contribution >= 0.6 is 0 Å². The Morgan fingerprint density at radius 1 is 0.900 bits per heavy atom. The highest BCUT2D eigenvalue weighted by Gasteiger charge is 2.09. The number of ether oxygens (including phenoxy) is 1. The number of benzene rings is 2. The van der Waals surface area contributed by atoms with Gasteiger partial charge in [0, 0.05) is 17.8 Å². The maximum absolute atomic E-state index is 5.73. The molecule has 0 aliphatic rings. The molecule has 0 aliphatic heterocycles. The first-order valence-corrected chi connectivity index (χ1v) is 7.08. The van der Waals surface area contributed by atoms with Crippen LogP contribution in [-0.4, -0.2) is 18.8 Å². The normalized spacial score (nSPS) is 11.3. The van der Waals surface area contributed by atoms with Crippen LogP contribution in [0.25, 0.3) is 11.1 Å². The molecule has 106 valence electrons. The van der Waals surface area contributed by atoms with Gasteiger partial charge in [-0.15, -0.1) is 0 Å².